The molecule has 0 fully saturated rings. The molecule has 7 N–H and O–H groups in total. The van der Waals surface area contributed by atoms with Gasteiger partial charge in [0.25, 0.3) is 11.5 Å². The number of hydrogen-bond donors (Lipinski definition) is 6. The van der Waals surface area contributed by atoms with Gasteiger partial charge in [0.2, 0.25) is 5.95 Å². The molecular weight excluding hydrogens is 430 g/mol. The van der Waals surface area contributed by atoms with Gasteiger partial charge in [0.05, 0.1) is 5.39 Å². The van der Waals surface area contributed by atoms with E-state index >= 15 is 0 Å². The molecule has 0 aliphatic carbocycles. The first-order valence-electron chi connectivity index (χ1n) is 10.1. The van der Waals surface area contributed by atoms with Gasteiger partial charge in [0.15, 0.2) is 5.82 Å². The number of nitrogens with one attached hydrogen (secondary N) is 4. The van der Waals surface area contributed by atoms with Crippen molar-refractivity contribution in [1.29, 1.82) is 0 Å². The van der Waals surface area contributed by atoms with E-state index in [1.54, 1.807) is 30.5 Å². The summed E-state index contributed by atoms with van der Waals surface area (Å²) in [6.07, 6.45) is 3.32. The van der Waals surface area contributed by atoms with Crippen LogP contribution in [0.25, 0.3) is 11.0 Å². The summed E-state index contributed by atoms with van der Waals surface area (Å²) >= 11 is 0. The van der Waals surface area contributed by atoms with Crippen molar-refractivity contribution < 1.29 is 14.7 Å². The second-order valence-electron chi connectivity index (χ2n) is 7.42. The van der Waals surface area contributed by atoms with Gasteiger partial charge in [-0.1, -0.05) is 17.3 Å². The Bertz CT molecular complexity index is 1330. The predicted octanol–water partition coefficient (Wildman–Crippen LogP) is -0.0525. The van der Waals surface area contributed by atoms with Crippen LogP contribution in [0.1, 0.15) is 33.7 Å². The Morgan fingerprint density at radius 2 is 1.94 bits per heavy atom. The van der Waals surface area contributed by atoms with E-state index in [1.165, 1.54) is 0 Å². The van der Waals surface area contributed by atoms with E-state index in [0.717, 1.165) is 11.1 Å². The first kappa shape index (κ1) is 21.7. The minimum atomic E-state index is -1.14. The maximum Gasteiger partial charge on any atom is 0.326 e. The average Bonchev–Trinajstić information content (AvgIpc) is 3.45. The third-order valence-corrected chi connectivity index (χ3v) is 5.19. The highest BCUT2D eigenvalue weighted by Gasteiger charge is 2.21. The topological polar surface area (TPSA) is 208 Å². The monoisotopic (exact) mass is 451 g/mol. The summed E-state index contributed by atoms with van der Waals surface area (Å²) in [7, 11) is 0. The van der Waals surface area contributed by atoms with Crippen LogP contribution < -0.4 is 16.6 Å². The fourth-order valence-electron chi connectivity index (χ4n) is 3.48. The number of carboxylic acid groups (broad SMARTS) is 1. The number of anilines is 1. The molecule has 170 valence electrons. The first-order valence-corrected chi connectivity index (χ1v) is 10.1. The largest absolute Gasteiger partial charge is 0.480 e. The van der Waals surface area contributed by atoms with Crippen molar-refractivity contribution in [2.24, 2.45) is 0 Å². The number of aromatic nitrogens is 7. The third kappa shape index (κ3) is 5.03. The SMILES string of the molecule is Nc1nc2[nH]cc(CCc3ccc(C(=O)N[C@@H](CCc4nn[nH]n4)C(=O)O)cc3)c2c(=O)[nH]1. The van der Waals surface area contributed by atoms with Gasteiger partial charge in [-0.3, -0.25) is 14.6 Å². The zero-order valence-electron chi connectivity index (χ0n) is 17.3. The van der Waals surface area contributed by atoms with Crippen LogP contribution >= 0.6 is 0 Å². The maximum absolute atomic E-state index is 12.5. The minimum absolute atomic E-state index is 0.0507. The maximum atomic E-state index is 12.5. The molecule has 3 aromatic heterocycles. The van der Waals surface area contributed by atoms with Gasteiger partial charge in [0, 0.05) is 18.2 Å². The summed E-state index contributed by atoms with van der Waals surface area (Å²) < 4.78 is 0. The summed E-state index contributed by atoms with van der Waals surface area (Å²) in [5, 5.41) is 25.6. The smallest absolute Gasteiger partial charge is 0.326 e. The number of amides is 1. The number of aromatic amines is 3. The van der Waals surface area contributed by atoms with Gasteiger partial charge >= 0.3 is 5.97 Å². The number of nitrogens with zero attached hydrogens (tertiary/aromatic N) is 4. The number of rotatable bonds is 9. The first-order chi connectivity index (χ1) is 15.9. The molecule has 0 unspecified atom stereocenters. The van der Waals surface area contributed by atoms with E-state index in [0.29, 0.717) is 35.3 Å². The van der Waals surface area contributed by atoms with Crippen molar-refractivity contribution in [3.05, 3.63) is 63.3 Å². The highest BCUT2D eigenvalue weighted by atomic mass is 16.4. The molecule has 1 aromatic carbocycles. The van der Waals surface area contributed by atoms with Gasteiger partial charge in [-0.2, -0.15) is 10.2 Å². The van der Waals surface area contributed by atoms with Crippen LogP contribution in [0.4, 0.5) is 5.95 Å². The number of carboxylic acids is 1. The second kappa shape index (κ2) is 9.30. The molecule has 0 aliphatic rings. The fourth-order valence-corrected chi connectivity index (χ4v) is 3.48. The Morgan fingerprint density at radius 3 is 2.64 bits per heavy atom. The molecule has 13 nitrogen and oxygen atoms in total. The molecule has 13 heteroatoms. The van der Waals surface area contributed by atoms with Crippen molar-refractivity contribution in [2.45, 2.75) is 31.7 Å². The third-order valence-electron chi connectivity index (χ3n) is 5.19. The lowest BCUT2D eigenvalue weighted by atomic mass is 10.0. The molecule has 4 rings (SSSR count). The van der Waals surface area contributed by atoms with E-state index in [9.17, 15) is 19.5 Å². The Hall–Kier alpha value is -4.55. The molecule has 1 amide bonds. The van der Waals surface area contributed by atoms with Gasteiger partial charge in [0.1, 0.15) is 11.7 Å². The summed E-state index contributed by atoms with van der Waals surface area (Å²) in [5.41, 5.74) is 7.80. The normalized spacial score (nSPS) is 12.0. The molecule has 33 heavy (non-hydrogen) atoms. The summed E-state index contributed by atoms with van der Waals surface area (Å²) in [4.78, 5) is 45.7. The van der Waals surface area contributed by atoms with Crippen LogP contribution in [0.15, 0.2) is 35.3 Å². The number of carbonyl (C=O) groups is 2. The molecule has 0 spiro atoms. The van der Waals surface area contributed by atoms with Gasteiger partial charge < -0.3 is 21.1 Å². The van der Waals surface area contributed by atoms with E-state index in [1.807, 2.05) is 0 Å². The quantitative estimate of drug-likeness (QED) is 0.201. The number of aliphatic carboxylic acids is 1. The van der Waals surface area contributed by atoms with Gasteiger partial charge in [-0.15, -0.1) is 10.2 Å². The zero-order valence-corrected chi connectivity index (χ0v) is 17.3. The number of hydrogen-bond acceptors (Lipinski definition) is 8. The minimum Gasteiger partial charge on any atom is -0.480 e. The Labute approximate surface area is 185 Å². The van der Waals surface area contributed by atoms with Gasteiger partial charge in [-0.05, 0) is 42.5 Å². The zero-order chi connectivity index (χ0) is 23.4. The molecule has 0 saturated heterocycles. The lowest BCUT2D eigenvalue weighted by molar-refractivity contribution is -0.139. The van der Waals surface area contributed by atoms with Crippen molar-refractivity contribution in [3.8, 4) is 0 Å². The standard InChI is InChI=1S/C20H21N9O4/c21-20-24-16-15(18(31)25-20)12(9-22-16)6-3-10-1-4-11(5-2-10)17(30)23-13(19(32)33)7-8-14-26-28-29-27-14/h1-2,4-5,9,13H,3,6-8H2,(H,23,30)(H,32,33)(H,26,27,28,29)(H4,21,22,24,25,31)/t13-/m0/s1. The molecule has 4 aromatic rings. The second-order valence-corrected chi connectivity index (χ2v) is 7.42. The average molecular weight is 451 g/mol. The summed E-state index contributed by atoms with van der Waals surface area (Å²) in [6.45, 7) is 0. The molecule has 0 saturated carbocycles. The van der Waals surface area contributed by atoms with Crippen molar-refractivity contribution >= 4 is 28.9 Å². The lowest BCUT2D eigenvalue weighted by Crippen LogP contribution is -2.41. The molecule has 0 aliphatic heterocycles. The Kier molecular flexibility index (Phi) is 6.11. The highest BCUT2D eigenvalue weighted by Crippen LogP contribution is 2.16. The van der Waals surface area contributed by atoms with Crippen LogP contribution in [-0.2, 0) is 24.1 Å². The van der Waals surface area contributed by atoms with Crippen LogP contribution in [0.2, 0.25) is 0 Å². The predicted molar refractivity (Wildman–Crippen MR) is 116 cm³/mol. The number of carbonyl (C=O) groups excluding carboxylic acids is 1. The summed E-state index contributed by atoms with van der Waals surface area (Å²) in [6, 6.07) is 5.76. The van der Waals surface area contributed by atoms with Crippen molar-refractivity contribution in [3.63, 3.8) is 0 Å². The Balaban J connectivity index is 1.37. The number of nitrogen functional groups attached to an aromatic ring is 1. The van der Waals surface area contributed by atoms with E-state index in [-0.39, 0.29) is 24.3 Å². The fraction of sp³-hybridized carbons (Fsp3) is 0.250. The van der Waals surface area contributed by atoms with E-state index in [2.05, 4.69) is 40.9 Å². The van der Waals surface area contributed by atoms with Crippen LogP contribution in [0.5, 0.6) is 0 Å². The lowest BCUT2D eigenvalue weighted by Gasteiger charge is -2.14. The number of H-pyrrole nitrogens is 3. The summed E-state index contributed by atoms with van der Waals surface area (Å²) in [5.74, 6) is -1.21. The highest BCUT2D eigenvalue weighted by molar-refractivity contribution is 5.96. The van der Waals surface area contributed by atoms with E-state index in [4.69, 9.17) is 5.73 Å². The Morgan fingerprint density at radius 1 is 1.15 bits per heavy atom. The number of tetrazole rings is 1. The molecule has 0 bridgehead atoms. The molecular formula is C20H21N9O4. The van der Waals surface area contributed by atoms with Gasteiger partial charge in [-0.25, -0.2) is 4.79 Å². The number of aryl methyl sites for hydroxylation is 3. The van der Waals surface area contributed by atoms with Crippen molar-refractivity contribution in [1.82, 2.24) is 40.9 Å². The number of nitrogens with two attached hydrogens (primary N) is 1. The number of fused-ring (bicyclic) bond motifs is 1. The van der Waals surface area contributed by atoms with Crippen LogP contribution in [0, 0.1) is 0 Å². The van der Waals surface area contributed by atoms with Crippen LogP contribution in [-0.4, -0.2) is 58.6 Å². The molecule has 1 atom stereocenters. The molecule has 3 heterocycles. The number of benzene rings is 1. The van der Waals surface area contributed by atoms with E-state index < -0.39 is 17.9 Å². The van der Waals surface area contributed by atoms with Crippen molar-refractivity contribution in [2.75, 3.05) is 5.73 Å². The molecule has 0 radical (unpaired) electrons. The van der Waals surface area contributed by atoms with Crippen LogP contribution in [0.3, 0.4) is 0 Å².